The molecule has 0 unspecified atom stereocenters. The molecule has 202 valence electrons. The molecule has 3 aromatic carbocycles. The van der Waals surface area contributed by atoms with E-state index in [0.717, 1.165) is 11.8 Å². The molecule has 1 heterocycles. The number of amides is 1. The first-order valence-corrected chi connectivity index (χ1v) is 15.3. The molecule has 0 saturated carbocycles. The molecule has 0 spiro atoms. The Hall–Kier alpha value is -3.25. The number of benzene rings is 3. The molecule has 0 aliphatic carbocycles. The van der Waals surface area contributed by atoms with Crippen LogP contribution >= 0.6 is 0 Å². The Balaban J connectivity index is 1.59. The fraction of sp³-hybridized carbons (Fsp3) is 0.296. The third-order valence-corrected chi connectivity index (χ3v) is 8.98. The summed E-state index contributed by atoms with van der Waals surface area (Å²) >= 11 is 0. The van der Waals surface area contributed by atoms with Crippen LogP contribution in [0, 0.1) is 0 Å². The zero-order chi connectivity index (χ0) is 27.7. The Morgan fingerprint density at radius 1 is 0.947 bits per heavy atom. The van der Waals surface area contributed by atoms with Crippen LogP contribution in [0.1, 0.15) is 41.4 Å². The second kappa shape index (κ2) is 10.5. The van der Waals surface area contributed by atoms with Gasteiger partial charge in [0.15, 0.2) is 9.84 Å². The van der Waals surface area contributed by atoms with E-state index >= 15 is 0 Å². The molecule has 1 aliphatic heterocycles. The van der Waals surface area contributed by atoms with Crippen molar-refractivity contribution in [3.63, 3.8) is 0 Å². The maximum atomic E-state index is 13.2. The topological polar surface area (TPSA) is 139 Å². The summed E-state index contributed by atoms with van der Waals surface area (Å²) in [4.78, 5) is 12.7. The smallest absolute Gasteiger partial charge is 0.251 e. The van der Waals surface area contributed by atoms with Crippen molar-refractivity contribution in [2.24, 2.45) is 0 Å². The van der Waals surface area contributed by atoms with Crippen molar-refractivity contribution in [2.45, 2.75) is 47.8 Å². The van der Waals surface area contributed by atoms with Crippen LogP contribution in [-0.4, -0.2) is 52.4 Å². The first kappa shape index (κ1) is 27.8. The van der Waals surface area contributed by atoms with Gasteiger partial charge in [0.25, 0.3) is 5.91 Å². The van der Waals surface area contributed by atoms with Crippen molar-refractivity contribution in [3.8, 4) is 5.75 Å². The van der Waals surface area contributed by atoms with Gasteiger partial charge in [-0.1, -0.05) is 30.3 Å². The van der Waals surface area contributed by atoms with E-state index in [1.54, 1.807) is 26.0 Å². The third-order valence-electron chi connectivity index (χ3n) is 6.39. The number of hydrogen-bond acceptors (Lipinski definition) is 7. The molecular weight excluding hydrogens is 528 g/mol. The molecule has 3 aromatic rings. The molecule has 0 fully saturated rings. The summed E-state index contributed by atoms with van der Waals surface area (Å²) < 4.78 is 58.4. The van der Waals surface area contributed by atoms with Crippen molar-refractivity contribution >= 4 is 25.8 Å². The van der Waals surface area contributed by atoms with Gasteiger partial charge in [0.2, 0.25) is 10.0 Å². The summed E-state index contributed by atoms with van der Waals surface area (Å²) in [5.74, 6) is -0.0118. The van der Waals surface area contributed by atoms with Gasteiger partial charge in [0.1, 0.15) is 17.5 Å². The third kappa shape index (κ3) is 6.07. The van der Waals surface area contributed by atoms with Gasteiger partial charge in [-0.25, -0.2) is 21.6 Å². The Bertz CT molecular complexity index is 1540. The summed E-state index contributed by atoms with van der Waals surface area (Å²) in [6.07, 6.45) is 0.381. The zero-order valence-corrected chi connectivity index (χ0v) is 22.8. The molecular formula is C27H30N2O7S2. The molecule has 3 N–H and O–H groups in total. The normalized spacial score (nSPS) is 18.7. The van der Waals surface area contributed by atoms with Gasteiger partial charge in [-0.15, -0.1) is 0 Å². The minimum Gasteiger partial charge on any atom is -0.485 e. The fourth-order valence-electron chi connectivity index (χ4n) is 4.24. The number of carbonyl (C=O) groups excluding carboxylic acids is 1. The monoisotopic (exact) mass is 558 g/mol. The van der Waals surface area contributed by atoms with Gasteiger partial charge in [-0.3, -0.25) is 4.79 Å². The maximum Gasteiger partial charge on any atom is 0.251 e. The van der Waals surface area contributed by atoms with Gasteiger partial charge in [0.05, 0.1) is 15.8 Å². The van der Waals surface area contributed by atoms with Crippen molar-refractivity contribution in [3.05, 3.63) is 89.5 Å². The Morgan fingerprint density at radius 3 is 2.21 bits per heavy atom. The number of aliphatic hydroxyl groups is 1. The quantitative estimate of drug-likeness (QED) is 0.386. The van der Waals surface area contributed by atoms with Crippen LogP contribution in [-0.2, 0) is 26.3 Å². The van der Waals surface area contributed by atoms with Crippen LogP contribution in [0.25, 0.3) is 0 Å². The molecule has 1 aliphatic rings. The number of carbonyl (C=O) groups is 1. The van der Waals surface area contributed by atoms with Crippen molar-refractivity contribution in [1.82, 2.24) is 10.0 Å². The van der Waals surface area contributed by atoms with Crippen molar-refractivity contribution in [1.29, 1.82) is 0 Å². The molecule has 38 heavy (non-hydrogen) atoms. The predicted octanol–water partition coefficient (Wildman–Crippen LogP) is 2.61. The largest absolute Gasteiger partial charge is 0.485 e. The predicted molar refractivity (Wildman–Crippen MR) is 142 cm³/mol. The van der Waals surface area contributed by atoms with Crippen molar-refractivity contribution in [2.75, 3.05) is 12.8 Å². The Kier molecular flexibility index (Phi) is 7.67. The maximum absolute atomic E-state index is 13.2. The number of sulfonamides is 1. The first-order valence-electron chi connectivity index (χ1n) is 11.9. The summed E-state index contributed by atoms with van der Waals surface area (Å²) in [6, 6.07) is 18.0. The molecule has 11 heteroatoms. The zero-order valence-electron chi connectivity index (χ0n) is 21.2. The molecule has 0 radical (unpaired) electrons. The van der Waals surface area contributed by atoms with E-state index < -0.39 is 37.6 Å². The van der Waals surface area contributed by atoms with E-state index in [1.165, 1.54) is 30.3 Å². The molecule has 2 atom stereocenters. The second-order valence-electron chi connectivity index (χ2n) is 9.74. The minimum atomic E-state index is -4.19. The number of fused-ring (bicyclic) bond motifs is 1. The lowest BCUT2D eigenvalue weighted by molar-refractivity contribution is -0.0603. The Labute approximate surface area is 222 Å². The molecule has 1 amide bonds. The number of sulfone groups is 1. The van der Waals surface area contributed by atoms with Gasteiger partial charge < -0.3 is 15.2 Å². The van der Waals surface area contributed by atoms with Crippen LogP contribution < -0.4 is 14.8 Å². The lowest BCUT2D eigenvalue weighted by atomic mass is 9.86. The van der Waals surface area contributed by atoms with Crippen molar-refractivity contribution < 1.29 is 31.5 Å². The number of rotatable bonds is 8. The Morgan fingerprint density at radius 2 is 1.58 bits per heavy atom. The van der Waals surface area contributed by atoms with E-state index in [4.69, 9.17) is 4.74 Å². The number of nitrogens with one attached hydrogen (secondary N) is 2. The van der Waals surface area contributed by atoms with Crippen LogP contribution in [0.3, 0.4) is 0 Å². The van der Waals surface area contributed by atoms with E-state index in [2.05, 4.69) is 10.0 Å². The van der Waals surface area contributed by atoms with E-state index in [0.29, 0.717) is 24.3 Å². The highest BCUT2D eigenvalue weighted by Crippen LogP contribution is 2.41. The molecule has 9 nitrogen and oxygen atoms in total. The molecule has 0 aromatic heterocycles. The summed E-state index contributed by atoms with van der Waals surface area (Å²) in [7, 11) is -7.69. The molecule has 0 saturated heterocycles. The lowest BCUT2D eigenvalue weighted by Crippen LogP contribution is -2.53. The fourth-order valence-corrected chi connectivity index (χ4v) is 6.09. The van der Waals surface area contributed by atoms with Gasteiger partial charge in [-0.05, 0) is 68.3 Å². The number of ether oxygens (including phenoxy) is 1. The van der Waals surface area contributed by atoms with Crippen LogP contribution in [0.4, 0.5) is 0 Å². The number of aliphatic hydroxyl groups excluding tert-OH is 1. The van der Waals surface area contributed by atoms with E-state index in [1.807, 2.05) is 30.3 Å². The summed E-state index contributed by atoms with van der Waals surface area (Å²) in [5.41, 5.74) is 0.536. The SMILES string of the molecule is CC1(C)Oc2ccc(C(=O)NCCc3ccccc3)cc2[C@@H](NS(=O)(=O)c2ccc(S(C)(=O)=O)cc2)[C@@H]1O. The first-order chi connectivity index (χ1) is 17.8. The van der Waals surface area contributed by atoms with Crippen LogP contribution in [0.5, 0.6) is 5.75 Å². The summed E-state index contributed by atoms with van der Waals surface area (Å²) in [5, 5.41) is 13.9. The highest BCUT2D eigenvalue weighted by Gasteiger charge is 2.44. The van der Waals surface area contributed by atoms with Gasteiger partial charge >= 0.3 is 0 Å². The molecule has 4 rings (SSSR count). The van der Waals surface area contributed by atoms with Crippen LogP contribution in [0.2, 0.25) is 0 Å². The standard InChI is InChI=1S/C27H30N2O7S2/c1-27(2)25(30)24(29-38(34,35)21-12-10-20(11-13-21)37(3,32)33)22-17-19(9-14-23(22)36-27)26(31)28-16-15-18-7-5-4-6-8-18/h4-14,17,24-25,29-30H,15-16H2,1-3H3,(H,28,31)/t24-,25+/m1/s1. The van der Waals surface area contributed by atoms with E-state index in [-0.39, 0.29) is 21.3 Å². The average Bonchev–Trinajstić information content (AvgIpc) is 2.86. The molecule has 0 bridgehead atoms. The van der Waals surface area contributed by atoms with Crippen LogP contribution in [0.15, 0.2) is 82.6 Å². The lowest BCUT2D eigenvalue weighted by Gasteiger charge is -2.42. The van der Waals surface area contributed by atoms with Gasteiger partial charge in [-0.2, -0.15) is 0 Å². The minimum absolute atomic E-state index is 0.0167. The highest BCUT2D eigenvalue weighted by molar-refractivity contribution is 7.90. The number of hydrogen-bond donors (Lipinski definition) is 3. The van der Waals surface area contributed by atoms with E-state index in [9.17, 15) is 26.7 Å². The average molecular weight is 559 g/mol. The highest BCUT2D eigenvalue weighted by atomic mass is 32.2. The summed E-state index contributed by atoms with van der Waals surface area (Å²) in [6.45, 7) is 3.67. The second-order valence-corrected chi connectivity index (χ2v) is 13.5. The van der Waals surface area contributed by atoms with Gasteiger partial charge in [0, 0.05) is 23.9 Å².